The fraction of sp³-hybridized carbons (Fsp3) is 0.231. The van der Waals surface area contributed by atoms with Gasteiger partial charge in [-0.25, -0.2) is 4.98 Å². The quantitative estimate of drug-likeness (QED) is 0.414. The third kappa shape index (κ3) is 4.45. The standard InChI is InChI=1S/C26H27N3O2/c1-4-28(21-10-6-5-7-11-21)26(30)17-29-23-13-9-8-12-22(23)27-25(29)18-31-24-16-19(2)14-15-20(24)3/h5-16H,4,17-18H2,1-3H3. The number of hydrogen-bond donors (Lipinski definition) is 0. The number of anilines is 1. The second-order valence-electron chi connectivity index (χ2n) is 7.63. The third-order valence-electron chi connectivity index (χ3n) is 5.41. The van der Waals surface area contributed by atoms with Crippen LogP contribution in [0.25, 0.3) is 11.0 Å². The van der Waals surface area contributed by atoms with E-state index in [0.717, 1.165) is 39.4 Å². The van der Waals surface area contributed by atoms with Gasteiger partial charge in [-0.05, 0) is 62.2 Å². The second kappa shape index (κ2) is 9.04. The molecule has 0 spiro atoms. The molecule has 158 valence electrons. The Balaban J connectivity index is 1.63. The van der Waals surface area contributed by atoms with Crippen molar-refractivity contribution in [3.05, 3.63) is 89.7 Å². The number of nitrogens with zero attached hydrogens (tertiary/aromatic N) is 3. The molecule has 0 radical (unpaired) electrons. The molecule has 5 nitrogen and oxygen atoms in total. The molecule has 0 saturated carbocycles. The zero-order chi connectivity index (χ0) is 21.8. The molecule has 0 N–H and O–H groups in total. The van der Waals surface area contributed by atoms with Crippen LogP contribution in [0.3, 0.4) is 0 Å². The number of amides is 1. The molecular weight excluding hydrogens is 386 g/mol. The van der Waals surface area contributed by atoms with Gasteiger partial charge in [-0.2, -0.15) is 0 Å². The molecule has 1 amide bonds. The molecule has 1 heterocycles. The van der Waals surface area contributed by atoms with Crippen LogP contribution >= 0.6 is 0 Å². The molecule has 0 aliphatic carbocycles. The van der Waals surface area contributed by atoms with Crippen molar-refractivity contribution >= 4 is 22.6 Å². The molecule has 0 aliphatic heterocycles. The van der Waals surface area contributed by atoms with E-state index in [9.17, 15) is 4.79 Å². The van der Waals surface area contributed by atoms with E-state index < -0.39 is 0 Å². The lowest BCUT2D eigenvalue weighted by Crippen LogP contribution is -2.34. The number of ether oxygens (including phenoxy) is 1. The first-order valence-electron chi connectivity index (χ1n) is 10.6. The average molecular weight is 414 g/mol. The summed E-state index contributed by atoms with van der Waals surface area (Å²) in [7, 11) is 0. The van der Waals surface area contributed by atoms with Crippen molar-refractivity contribution in [3.8, 4) is 5.75 Å². The van der Waals surface area contributed by atoms with Crippen LogP contribution in [0.4, 0.5) is 5.69 Å². The molecule has 0 unspecified atom stereocenters. The summed E-state index contributed by atoms with van der Waals surface area (Å²) in [5, 5.41) is 0. The summed E-state index contributed by atoms with van der Waals surface area (Å²) in [6.07, 6.45) is 0. The molecule has 1 aromatic heterocycles. The van der Waals surface area contributed by atoms with Gasteiger partial charge in [0.1, 0.15) is 24.7 Å². The molecule has 5 heteroatoms. The molecular formula is C26H27N3O2. The van der Waals surface area contributed by atoms with Gasteiger partial charge in [0.05, 0.1) is 11.0 Å². The Hall–Kier alpha value is -3.60. The molecule has 0 bridgehead atoms. The summed E-state index contributed by atoms with van der Waals surface area (Å²) >= 11 is 0. The van der Waals surface area contributed by atoms with E-state index in [-0.39, 0.29) is 12.5 Å². The summed E-state index contributed by atoms with van der Waals surface area (Å²) < 4.78 is 8.09. The Morgan fingerprint density at radius 3 is 2.52 bits per heavy atom. The van der Waals surface area contributed by atoms with Crippen molar-refractivity contribution in [3.63, 3.8) is 0 Å². The number of carbonyl (C=O) groups is 1. The average Bonchev–Trinajstić information content (AvgIpc) is 3.13. The summed E-state index contributed by atoms with van der Waals surface area (Å²) in [5.74, 6) is 1.59. The van der Waals surface area contributed by atoms with Gasteiger partial charge in [-0.1, -0.05) is 42.5 Å². The number of aromatic nitrogens is 2. The van der Waals surface area contributed by atoms with Gasteiger partial charge >= 0.3 is 0 Å². The molecule has 4 rings (SSSR count). The summed E-state index contributed by atoms with van der Waals surface area (Å²) in [4.78, 5) is 19.8. The first-order valence-corrected chi connectivity index (χ1v) is 10.6. The number of likely N-dealkylation sites (N-methyl/N-ethyl adjacent to an activating group) is 1. The van der Waals surface area contributed by atoms with E-state index in [2.05, 4.69) is 12.1 Å². The van der Waals surface area contributed by atoms with Gasteiger partial charge in [0.15, 0.2) is 0 Å². The Labute approximate surface area is 182 Å². The molecule has 0 fully saturated rings. The van der Waals surface area contributed by atoms with Gasteiger partial charge in [0.25, 0.3) is 0 Å². The van der Waals surface area contributed by atoms with Crippen LogP contribution < -0.4 is 9.64 Å². The Bertz CT molecular complexity index is 1200. The zero-order valence-corrected chi connectivity index (χ0v) is 18.2. The number of benzene rings is 3. The molecule has 3 aromatic carbocycles. The summed E-state index contributed by atoms with van der Waals surface area (Å²) in [6.45, 7) is 7.16. The van der Waals surface area contributed by atoms with Crippen LogP contribution in [-0.4, -0.2) is 22.0 Å². The molecule has 0 aliphatic rings. The highest BCUT2D eigenvalue weighted by Gasteiger charge is 2.19. The Kier molecular flexibility index (Phi) is 6.03. The van der Waals surface area contributed by atoms with E-state index in [4.69, 9.17) is 9.72 Å². The smallest absolute Gasteiger partial charge is 0.246 e. The Morgan fingerprint density at radius 2 is 1.74 bits per heavy atom. The maximum atomic E-state index is 13.2. The highest BCUT2D eigenvalue weighted by Crippen LogP contribution is 2.23. The van der Waals surface area contributed by atoms with Crippen LogP contribution in [0, 0.1) is 13.8 Å². The van der Waals surface area contributed by atoms with Crippen LogP contribution in [-0.2, 0) is 17.9 Å². The number of fused-ring (bicyclic) bond motifs is 1. The number of hydrogen-bond acceptors (Lipinski definition) is 3. The van der Waals surface area contributed by atoms with Crippen molar-refractivity contribution in [2.75, 3.05) is 11.4 Å². The molecule has 4 aromatic rings. The minimum Gasteiger partial charge on any atom is -0.485 e. The first kappa shape index (κ1) is 20.7. The Morgan fingerprint density at radius 1 is 1.00 bits per heavy atom. The van der Waals surface area contributed by atoms with Crippen molar-refractivity contribution < 1.29 is 9.53 Å². The van der Waals surface area contributed by atoms with Gasteiger partial charge in [-0.3, -0.25) is 4.79 Å². The summed E-state index contributed by atoms with van der Waals surface area (Å²) in [5.41, 5.74) is 4.90. The normalized spacial score (nSPS) is 10.9. The minimum absolute atomic E-state index is 0.0184. The van der Waals surface area contributed by atoms with Crippen LogP contribution in [0.1, 0.15) is 23.9 Å². The molecule has 0 atom stereocenters. The lowest BCUT2D eigenvalue weighted by Gasteiger charge is -2.22. The van der Waals surface area contributed by atoms with Crippen LogP contribution in [0.15, 0.2) is 72.8 Å². The lowest BCUT2D eigenvalue weighted by molar-refractivity contribution is -0.119. The van der Waals surface area contributed by atoms with Gasteiger partial charge in [0.2, 0.25) is 5.91 Å². The largest absolute Gasteiger partial charge is 0.485 e. The van der Waals surface area contributed by atoms with Crippen molar-refractivity contribution in [1.82, 2.24) is 9.55 Å². The predicted octanol–water partition coefficient (Wildman–Crippen LogP) is 5.29. The number of aryl methyl sites for hydroxylation is 2. The maximum absolute atomic E-state index is 13.2. The monoisotopic (exact) mass is 413 g/mol. The zero-order valence-electron chi connectivity index (χ0n) is 18.2. The maximum Gasteiger partial charge on any atom is 0.246 e. The molecule has 31 heavy (non-hydrogen) atoms. The third-order valence-corrected chi connectivity index (χ3v) is 5.41. The topological polar surface area (TPSA) is 47.4 Å². The minimum atomic E-state index is 0.0184. The van der Waals surface area contributed by atoms with E-state index in [1.54, 1.807) is 4.90 Å². The van der Waals surface area contributed by atoms with E-state index in [0.29, 0.717) is 13.2 Å². The van der Waals surface area contributed by atoms with Crippen molar-refractivity contribution in [2.45, 2.75) is 33.9 Å². The summed E-state index contributed by atoms with van der Waals surface area (Å²) in [6, 6.07) is 23.8. The second-order valence-corrected chi connectivity index (χ2v) is 7.63. The fourth-order valence-electron chi connectivity index (χ4n) is 3.75. The van der Waals surface area contributed by atoms with E-state index in [1.165, 1.54) is 0 Å². The highest BCUT2D eigenvalue weighted by molar-refractivity contribution is 5.94. The highest BCUT2D eigenvalue weighted by atomic mass is 16.5. The number of carbonyl (C=O) groups excluding carboxylic acids is 1. The van der Waals surface area contributed by atoms with E-state index >= 15 is 0 Å². The van der Waals surface area contributed by atoms with Crippen LogP contribution in [0.5, 0.6) is 5.75 Å². The SMILES string of the molecule is CCN(C(=O)Cn1c(COc2cc(C)ccc2C)nc2ccccc21)c1ccccc1. The van der Waals surface area contributed by atoms with Crippen molar-refractivity contribution in [2.24, 2.45) is 0 Å². The van der Waals surface area contributed by atoms with Crippen molar-refractivity contribution in [1.29, 1.82) is 0 Å². The van der Waals surface area contributed by atoms with E-state index in [1.807, 2.05) is 86.0 Å². The number of imidazole rings is 1. The van der Waals surface area contributed by atoms with Gasteiger partial charge < -0.3 is 14.2 Å². The van der Waals surface area contributed by atoms with Gasteiger partial charge in [-0.15, -0.1) is 0 Å². The predicted molar refractivity (Wildman–Crippen MR) is 124 cm³/mol. The van der Waals surface area contributed by atoms with Crippen LogP contribution in [0.2, 0.25) is 0 Å². The lowest BCUT2D eigenvalue weighted by atomic mass is 10.1. The molecule has 0 saturated heterocycles. The number of para-hydroxylation sites is 3. The number of rotatable bonds is 7. The first-order chi connectivity index (χ1) is 15.1. The van der Waals surface area contributed by atoms with Gasteiger partial charge in [0, 0.05) is 12.2 Å². The fourth-order valence-corrected chi connectivity index (χ4v) is 3.75.